The molecule has 2 aromatic rings. The van der Waals surface area contributed by atoms with Crippen LogP contribution in [0.25, 0.3) is 10.9 Å². The molecule has 0 aliphatic heterocycles. The molecule has 2 rings (SSSR count). The number of aromatic amines is 1. The van der Waals surface area contributed by atoms with E-state index in [1.165, 1.54) is 12.1 Å². The third kappa shape index (κ3) is 3.63. The fraction of sp³-hybridized carbons (Fsp3) is 0.400. The highest BCUT2D eigenvalue weighted by Crippen LogP contribution is 2.23. The Bertz CT molecular complexity index is 758. The first-order valence-corrected chi connectivity index (χ1v) is 8.32. The molecule has 1 heterocycles. The number of hydrogen-bond acceptors (Lipinski definition) is 3. The summed E-state index contributed by atoms with van der Waals surface area (Å²) >= 11 is 4.47. The Morgan fingerprint density at radius 2 is 2.00 bits per heavy atom. The molecular formula is C15H18ClFN2O2S. The van der Waals surface area contributed by atoms with E-state index in [9.17, 15) is 13.7 Å². The van der Waals surface area contributed by atoms with Crippen molar-refractivity contribution in [2.75, 3.05) is 0 Å². The summed E-state index contributed by atoms with van der Waals surface area (Å²) in [5.41, 5.74) is 0.452. The van der Waals surface area contributed by atoms with Gasteiger partial charge in [0, 0.05) is 22.3 Å². The largest absolute Gasteiger partial charge is 0.598 e. The number of fused-ring (bicyclic) bond motifs is 1. The van der Waals surface area contributed by atoms with E-state index < -0.39 is 28.0 Å². The number of pyridine rings is 1. The topological polar surface area (TPSA) is 67.9 Å². The van der Waals surface area contributed by atoms with Crippen molar-refractivity contribution in [3.05, 3.63) is 45.0 Å². The molecule has 0 saturated heterocycles. The molecule has 0 bridgehead atoms. The van der Waals surface area contributed by atoms with Crippen LogP contribution in [0.3, 0.4) is 0 Å². The molecular weight excluding hydrogens is 327 g/mol. The molecule has 0 amide bonds. The number of H-pyrrole nitrogens is 1. The van der Waals surface area contributed by atoms with E-state index in [4.69, 9.17) is 11.6 Å². The second-order valence-electron chi connectivity index (χ2n) is 6.13. The zero-order chi connectivity index (χ0) is 16.7. The van der Waals surface area contributed by atoms with Gasteiger partial charge in [0.05, 0.1) is 16.6 Å². The van der Waals surface area contributed by atoms with Crippen molar-refractivity contribution < 1.29 is 8.94 Å². The lowest BCUT2D eigenvalue weighted by molar-refractivity contribution is 0.530. The van der Waals surface area contributed by atoms with Crippen LogP contribution in [0.2, 0.25) is 5.02 Å². The number of nitrogens with one attached hydrogen (secondary N) is 2. The first-order chi connectivity index (χ1) is 10.1. The highest BCUT2D eigenvalue weighted by molar-refractivity contribution is 7.90. The van der Waals surface area contributed by atoms with Gasteiger partial charge in [-0.15, -0.1) is 4.72 Å². The molecule has 1 unspecified atom stereocenters. The summed E-state index contributed by atoms with van der Waals surface area (Å²) in [6.45, 7) is 7.28. The second kappa shape index (κ2) is 6.20. The van der Waals surface area contributed by atoms with Crippen LogP contribution in [0, 0.1) is 5.82 Å². The summed E-state index contributed by atoms with van der Waals surface area (Å²) < 4.78 is 28.0. The Morgan fingerprint density at radius 3 is 2.59 bits per heavy atom. The smallest absolute Gasteiger partial charge is 0.253 e. The molecule has 2 atom stereocenters. The van der Waals surface area contributed by atoms with E-state index in [0.717, 1.165) is 0 Å². The van der Waals surface area contributed by atoms with Gasteiger partial charge < -0.3 is 9.54 Å². The molecule has 0 spiro atoms. The van der Waals surface area contributed by atoms with Crippen molar-refractivity contribution in [3.8, 4) is 0 Å². The van der Waals surface area contributed by atoms with Gasteiger partial charge in [-0.25, -0.2) is 4.39 Å². The molecule has 0 radical (unpaired) electrons. The summed E-state index contributed by atoms with van der Waals surface area (Å²) in [5.74, 6) is -0.586. The monoisotopic (exact) mass is 344 g/mol. The lowest BCUT2D eigenvalue weighted by Gasteiger charge is -2.26. The molecule has 0 fully saturated rings. The predicted octanol–water partition coefficient (Wildman–Crippen LogP) is 3.43. The molecule has 4 nitrogen and oxygen atoms in total. The maximum atomic E-state index is 13.4. The van der Waals surface area contributed by atoms with E-state index in [-0.39, 0.29) is 10.6 Å². The summed E-state index contributed by atoms with van der Waals surface area (Å²) in [4.78, 5) is 14.8. The van der Waals surface area contributed by atoms with Crippen LogP contribution in [0.5, 0.6) is 0 Å². The van der Waals surface area contributed by atoms with Crippen LogP contribution in [0.4, 0.5) is 4.39 Å². The van der Waals surface area contributed by atoms with E-state index in [2.05, 4.69) is 9.71 Å². The van der Waals surface area contributed by atoms with Gasteiger partial charge in [0.15, 0.2) is 0 Å². The number of aromatic nitrogens is 1. The standard InChI is InChI=1S/C15H18ClFN2O2S/c1-8(19-22(21)15(2,3)4)10-5-9-6-11(16)12(17)7-13(9)18-14(10)20/h5-8,19H,1-4H3,(H,18,20)/t8?,22-/m0/s1. The quantitative estimate of drug-likeness (QED) is 0.838. The normalized spacial score (nSPS) is 15.0. The van der Waals surface area contributed by atoms with Crippen LogP contribution in [-0.2, 0) is 11.4 Å². The van der Waals surface area contributed by atoms with Crippen LogP contribution in [-0.4, -0.2) is 14.3 Å². The maximum absolute atomic E-state index is 13.4. The Balaban J connectivity index is 2.41. The Kier molecular flexibility index (Phi) is 4.87. The summed E-state index contributed by atoms with van der Waals surface area (Å²) in [5, 5.41) is 0.612. The molecule has 0 saturated carbocycles. The molecule has 1 aromatic carbocycles. The number of benzene rings is 1. The number of rotatable bonds is 3. The average molecular weight is 345 g/mol. The summed E-state index contributed by atoms with van der Waals surface area (Å²) in [7, 11) is 0. The van der Waals surface area contributed by atoms with Gasteiger partial charge >= 0.3 is 0 Å². The minimum Gasteiger partial charge on any atom is -0.598 e. The van der Waals surface area contributed by atoms with Crippen molar-refractivity contribution in [2.24, 2.45) is 0 Å². The van der Waals surface area contributed by atoms with E-state index in [1.807, 2.05) is 20.8 Å². The molecule has 0 aliphatic carbocycles. The Hall–Kier alpha value is -1.08. The minimum atomic E-state index is -1.31. The first-order valence-electron chi connectivity index (χ1n) is 6.79. The van der Waals surface area contributed by atoms with Crippen LogP contribution in [0.15, 0.2) is 23.0 Å². The van der Waals surface area contributed by atoms with Crippen molar-refractivity contribution in [1.29, 1.82) is 0 Å². The van der Waals surface area contributed by atoms with Gasteiger partial charge in [-0.1, -0.05) is 11.6 Å². The molecule has 120 valence electrons. The molecule has 2 N–H and O–H groups in total. The average Bonchev–Trinajstić information content (AvgIpc) is 2.38. The van der Waals surface area contributed by atoms with Crippen LogP contribution < -0.4 is 10.3 Å². The van der Waals surface area contributed by atoms with E-state index in [1.54, 1.807) is 13.0 Å². The molecule has 0 aliphatic rings. The highest BCUT2D eigenvalue weighted by atomic mass is 35.5. The number of halogens is 2. The van der Waals surface area contributed by atoms with Gasteiger partial charge in [0.1, 0.15) is 10.6 Å². The molecule has 22 heavy (non-hydrogen) atoms. The lowest BCUT2D eigenvalue weighted by Crippen LogP contribution is -2.41. The van der Waals surface area contributed by atoms with Gasteiger partial charge in [-0.3, -0.25) is 4.79 Å². The fourth-order valence-electron chi connectivity index (χ4n) is 1.94. The predicted molar refractivity (Wildman–Crippen MR) is 89.0 cm³/mol. The maximum Gasteiger partial charge on any atom is 0.253 e. The second-order valence-corrected chi connectivity index (χ2v) is 8.53. The zero-order valence-electron chi connectivity index (χ0n) is 12.8. The van der Waals surface area contributed by atoms with Crippen LogP contribution in [0.1, 0.15) is 39.3 Å². The molecule has 1 aromatic heterocycles. The van der Waals surface area contributed by atoms with Crippen molar-refractivity contribution in [1.82, 2.24) is 9.71 Å². The highest BCUT2D eigenvalue weighted by Gasteiger charge is 2.29. The lowest BCUT2D eigenvalue weighted by atomic mass is 10.1. The van der Waals surface area contributed by atoms with Gasteiger partial charge in [0.25, 0.3) is 5.56 Å². The summed E-state index contributed by atoms with van der Waals surface area (Å²) in [6.07, 6.45) is 0. The van der Waals surface area contributed by atoms with Crippen LogP contribution >= 0.6 is 11.6 Å². The van der Waals surface area contributed by atoms with Gasteiger partial charge in [0.2, 0.25) is 0 Å². The fourth-order valence-corrected chi connectivity index (χ4v) is 2.91. The van der Waals surface area contributed by atoms with Crippen molar-refractivity contribution in [2.45, 2.75) is 38.5 Å². The minimum absolute atomic E-state index is 0.00983. The SMILES string of the molecule is CC(N[S@@+]([O-])C(C)(C)C)c1cc2cc(Cl)c(F)cc2[nH]c1=O. The first kappa shape index (κ1) is 17.3. The van der Waals surface area contributed by atoms with E-state index >= 15 is 0 Å². The Labute approximate surface area is 136 Å². The third-order valence-corrected chi connectivity index (χ3v) is 5.19. The summed E-state index contributed by atoms with van der Waals surface area (Å²) in [6, 6.07) is 3.86. The Morgan fingerprint density at radius 1 is 1.36 bits per heavy atom. The molecule has 7 heteroatoms. The van der Waals surface area contributed by atoms with Crippen molar-refractivity contribution >= 4 is 33.9 Å². The van der Waals surface area contributed by atoms with Crippen molar-refractivity contribution in [3.63, 3.8) is 0 Å². The zero-order valence-corrected chi connectivity index (χ0v) is 14.4. The van der Waals surface area contributed by atoms with E-state index in [0.29, 0.717) is 16.5 Å². The number of hydrogen-bond donors (Lipinski definition) is 2. The van der Waals surface area contributed by atoms with Gasteiger partial charge in [-0.2, -0.15) is 0 Å². The van der Waals surface area contributed by atoms with Gasteiger partial charge in [-0.05, 0) is 45.9 Å². The third-order valence-electron chi connectivity index (χ3n) is 3.22.